The zero-order chi connectivity index (χ0) is 22.2. The number of hydrogen-bond donors (Lipinski definition) is 1. The van der Waals surface area contributed by atoms with Crippen molar-refractivity contribution in [1.82, 2.24) is 9.55 Å². The largest absolute Gasteiger partial charge is 0.328 e. The van der Waals surface area contributed by atoms with Crippen LogP contribution in [-0.2, 0) is 16.4 Å². The Labute approximate surface area is 173 Å². The van der Waals surface area contributed by atoms with E-state index in [1.165, 1.54) is 29.2 Å². The van der Waals surface area contributed by atoms with Gasteiger partial charge in [0.1, 0.15) is 0 Å². The van der Waals surface area contributed by atoms with E-state index in [0.29, 0.717) is 16.6 Å². The third-order valence-electron chi connectivity index (χ3n) is 4.82. The molecule has 0 aliphatic carbocycles. The van der Waals surface area contributed by atoms with E-state index in [9.17, 15) is 22.8 Å². The molecule has 30 heavy (non-hydrogen) atoms. The van der Waals surface area contributed by atoms with Gasteiger partial charge in [0.25, 0.3) is 11.5 Å². The number of carbonyl (C=O) groups excluding carboxylic acids is 1. The molecule has 0 bridgehead atoms. The fraction of sp³-hybridized carbons (Fsp3) is 0.286. The summed E-state index contributed by atoms with van der Waals surface area (Å²) in [6, 6.07) is 10.4. The van der Waals surface area contributed by atoms with Crippen molar-refractivity contribution in [3.05, 3.63) is 68.9 Å². The quantitative estimate of drug-likeness (QED) is 0.668. The smallest absolute Gasteiger partial charge is 0.307 e. The van der Waals surface area contributed by atoms with Crippen molar-refractivity contribution < 1.29 is 13.2 Å². The van der Waals surface area contributed by atoms with Gasteiger partial charge in [-0.25, -0.2) is 13.2 Å². The lowest BCUT2D eigenvalue weighted by Crippen LogP contribution is -2.37. The average molecular weight is 429 g/mol. The highest BCUT2D eigenvalue weighted by Crippen LogP contribution is 2.23. The lowest BCUT2D eigenvalue weighted by atomic mass is 10.1. The second kappa shape index (κ2) is 7.91. The number of sulfone groups is 1. The van der Waals surface area contributed by atoms with Crippen molar-refractivity contribution in [2.45, 2.75) is 38.3 Å². The molecule has 0 radical (unpaired) electrons. The molecule has 1 heterocycles. The molecule has 9 heteroatoms. The van der Waals surface area contributed by atoms with Crippen LogP contribution in [0.1, 0.15) is 31.1 Å². The van der Waals surface area contributed by atoms with Gasteiger partial charge in [-0.2, -0.15) is 0 Å². The summed E-state index contributed by atoms with van der Waals surface area (Å²) in [6.45, 7) is 5.63. The number of benzene rings is 2. The normalized spacial score (nSPS) is 11.8. The van der Waals surface area contributed by atoms with Gasteiger partial charge in [-0.1, -0.05) is 0 Å². The molecule has 158 valence electrons. The number of aromatic nitrogens is 2. The van der Waals surface area contributed by atoms with E-state index in [0.717, 1.165) is 10.8 Å². The summed E-state index contributed by atoms with van der Waals surface area (Å²) in [7, 11) is -3.34. The Bertz CT molecular complexity index is 1340. The average Bonchev–Trinajstić information content (AvgIpc) is 2.67. The molecule has 3 rings (SSSR count). The zero-order valence-electron chi connectivity index (χ0n) is 17.2. The van der Waals surface area contributed by atoms with E-state index in [1.807, 2.05) is 13.8 Å². The summed E-state index contributed by atoms with van der Waals surface area (Å²) in [5.41, 5.74) is 0.186. The molecule has 0 saturated heterocycles. The fourth-order valence-electron chi connectivity index (χ4n) is 3.32. The standard InChI is InChI=1S/C21H23N3O5S/c1-5-23-20(26)17-11-6-14(12-18(17)22-21(23)27)19(25)24(13(2)3)15-7-9-16(10-8-15)30(4,28)29/h6-13H,5H2,1-4H3,(H,22,27). The molecular weight excluding hydrogens is 406 g/mol. The van der Waals surface area contributed by atoms with Crippen LogP contribution < -0.4 is 16.1 Å². The van der Waals surface area contributed by atoms with Crippen molar-refractivity contribution >= 4 is 32.3 Å². The molecule has 0 aliphatic heterocycles. The van der Waals surface area contributed by atoms with Gasteiger partial charge in [0.2, 0.25) is 0 Å². The molecule has 1 aromatic heterocycles. The summed E-state index contributed by atoms with van der Waals surface area (Å²) < 4.78 is 24.5. The van der Waals surface area contributed by atoms with Gasteiger partial charge in [0, 0.05) is 30.1 Å². The van der Waals surface area contributed by atoms with E-state index in [1.54, 1.807) is 25.1 Å². The first-order chi connectivity index (χ1) is 14.0. The first-order valence-electron chi connectivity index (χ1n) is 9.45. The summed E-state index contributed by atoms with van der Waals surface area (Å²) in [4.78, 5) is 42.1. The van der Waals surface area contributed by atoms with Crippen molar-refractivity contribution in [2.24, 2.45) is 0 Å². The van der Waals surface area contributed by atoms with Crippen LogP contribution in [0.2, 0.25) is 0 Å². The van der Waals surface area contributed by atoms with Crippen LogP contribution >= 0.6 is 0 Å². The SMILES string of the molecule is CCn1c(=O)[nH]c2cc(C(=O)N(c3ccc(S(C)(=O)=O)cc3)C(C)C)ccc2c1=O. The monoisotopic (exact) mass is 429 g/mol. The van der Waals surface area contributed by atoms with Gasteiger partial charge in [0.15, 0.2) is 9.84 Å². The summed E-state index contributed by atoms with van der Waals surface area (Å²) in [5, 5.41) is 0.321. The fourth-order valence-corrected chi connectivity index (χ4v) is 3.95. The molecule has 0 fully saturated rings. The highest BCUT2D eigenvalue weighted by molar-refractivity contribution is 7.90. The maximum Gasteiger partial charge on any atom is 0.328 e. The number of carbonyl (C=O) groups is 1. The van der Waals surface area contributed by atoms with E-state index in [-0.39, 0.29) is 28.9 Å². The predicted octanol–water partition coefficient (Wildman–Crippen LogP) is 2.17. The Morgan fingerprint density at radius 3 is 2.27 bits per heavy atom. The first kappa shape index (κ1) is 21.5. The number of anilines is 1. The number of nitrogens with zero attached hydrogens (tertiary/aromatic N) is 2. The van der Waals surface area contributed by atoms with E-state index >= 15 is 0 Å². The maximum atomic E-state index is 13.2. The zero-order valence-corrected chi connectivity index (χ0v) is 18.0. The molecule has 1 amide bonds. The minimum atomic E-state index is -3.34. The molecule has 0 unspecified atom stereocenters. The van der Waals surface area contributed by atoms with Crippen LogP contribution in [0.4, 0.5) is 5.69 Å². The van der Waals surface area contributed by atoms with Crippen LogP contribution in [0.15, 0.2) is 56.9 Å². The first-order valence-corrected chi connectivity index (χ1v) is 11.3. The third kappa shape index (κ3) is 3.93. The maximum absolute atomic E-state index is 13.2. The molecule has 1 N–H and O–H groups in total. The Hall–Kier alpha value is -3.20. The summed E-state index contributed by atoms with van der Waals surface area (Å²) in [6.07, 6.45) is 1.12. The lowest BCUT2D eigenvalue weighted by molar-refractivity contribution is 0.0980. The topological polar surface area (TPSA) is 109 Å². The molecular formula is C21H23N3O5S. The van der Waals surface area contributed by atoms with Gasteiger partial charge < -0.3 is 9.88 Å². The second-order valence-electron chi connectivity index (χ2n) is 7.27. The van der Waals surface area contributed by atoms with Gasteiger partial charge in [-0.15, -0.1) is 0 Å². The number of aromatic amines is 1. The molecule has 3 aromatic rings. The van der Waals surface area contributed by atoms with Crippen LogP contribution in [0, 0.1) is 0 Å². The van der Waals surface area contributed by atoms with Crippen LogP contribution in [0.3, 0.4) is 0 Å². The van der Waals surface area contributed by atoms with Crippen LogP contribution in [0.5, 0.6) is 0 Å². The molecule has 2 aromatic carbocycles. The van der Waals surface area contributed by atoms with Crippen molar-refractivity contribution in [3.63, 3.8) is 0 Å². The number of nitrogens with one attached hydrogen (secondary N) is 1. The summed E-state index contributed by atoms with van der Waals surface area (Å²) in [5.74, 6) is -0.334. The van der Waals surface area contributed by atoms with E-state index < -0.39 is 21.1 Å². The predicted molar refractivity (Wildman–Crippen MR) is 116 cm³/mol. The Kier molecular flexibility index (Phi) is 5.67. The number of fused-ring (bicyclic) bond motifs is 1. The minimum Gasteiger partial charge on any atom is -0.307 e. The lowest BCUT2D eigenvalue weighted by Gasteiger charge is -2.27. The van der Waals surface area contributed by atoms with Gasteiger partial charge in [-0.3, -0.25) is 14.2 Å². The highest BCUT2D eigenvalue weighted by Gasteiger charge is 2.22. The molecule has 0 aliphatic rings. The van der Waals surface area contributed by atoms with Crippen LogP contribution in [0.25, 0.3) is 10.9 Å². The number of H-pyrrole nitrogens is 1. The van der Waals surface area contributed by atoms with Crippen molar-refractivity contribution in [1.29, 1.82) is 0 Å². The van der Waals surface area contributed by atoms with Crippen molar-refractivity contribution in [3.8, 4) is 0 Å². The van der Waals surface area contributed by atoms with Gasteiger partial charge in [0.05, 0.1) is 15.8 Å². The Morgan fingerprint density at radius 2 is 1.73 bits per heavy atom. The van der Waals surface area contributed by atoms with Gasteiger partial charge in [-0.05, 0) is 63.2 Å². The van der Waals surface area contributed by atoms with Gasteiger partial charge >= 0.3 is 5.69 Å². The van der Waals surface area contributed by atoms with Crippen molar-refractivity contribution in [2.75, 3.05) is 11.2 Å². The minimum absolute atomic E-state index is 0.165. The molecule has 8 nitrogen and oxygen atoms in total. The Balaban J connectivity index is 2.07. The summed E-state index contributed by atoms with van der Waals surface area (Å²) >= 11 is 0. The van der Waals surface area contributed by atoms with E-state index in [2.05, 4.69) is 4.98 Å². The molecule has 0 saturated carbocycles. The molecule has 0 atom stereocenters. The number of hydrogen-bond acceptors (Lipinski definition) is 5. The van der Waals surface area contributed by atoms with E-state index in [4.69, 9.17) is 0 Å². The number of amides is 1. The van der Waals surface area contributed by atoms with Crippen LogP contribution in [-0.4, -0.2) is 36.2 Å². The molecule has 0 spiro atoms. The third-order valence-corrected chi connectivity index (χ3v) is 5.95. The number of rotatable bonds is 5. The second-order valence-corrected chi connectivity index (χ2v) is 9.29. The highest BCUT2D eigenvalue weighted by atomic mass is 32.2. The Morgan fingerprint density at radius 1 is 1.10 bits per heavy atom.